The van der Waals surface area contributed by atoms with Gasteiger partial charge in [-0.1, -0.05) is 36.5 Å². The average molecular weight is 508 g/mol. The normalized spacial score (nSPS) is 15.9. The lowest BCUT2D eigenvalue weighted by Gasteiger charge is -2.39. The molecule has 0 N–H and O–H groups in total. The highest BCUT2D eigenvalue weighted by atomic mass is 32.1. The molecule has 10 heteroatoms. The predicted octanol–water partition coefficient (Wildman–Crippen LogP) is 4.36. The molecule has 5 rings (SSSR count). The highest BCUT2D eigenvalue weighted by molar-refractivity contribution is 7.22. The third-order valence-electron chi connectivity index (χ3n) is 7.13. The van der Waals surface area contributed by atoms with E-state index in [1.807, 2.05) is 22.9 Å². The highest BCUT2D eigenvalue weighted by Crippen LogP contribution is 2.37. The Kier molecular flexibility index (Phi) is 6.81. The average Bonchev–Trinajstić information content (AvgIpc) is 3.57. The molecule has 3 heterocycles. The summed E-state index contributed by atoms with van der Waals surface area (Å²) in [6, 6.07) is 14.3. The van der Waals surface area contributed by atoms with Crippen LogP contribution in [0.15, 0.2) is 42.5 Å². The van der Waals surface area contributed by atoms with Gasteiger partial charge in [0.05, 0.1) is 36.0 Å². The molecule has 1 fully saturated rings. The zero-order valence-electron chi connectivity index (χ0n) is 21.5. The number of para-hydroxylation sites is 1. The monoisotopic (exact) mass is 507 g/mol. The number of fused-ring (bicyclic) bond motifs is 1. The van der Waals surface area contributed by atoms with E-state index in [-0.39, 0.29) is 11.6 Å². The molecule has 1 aliphatic rings. The number of benzene rings is 2. The van der Waals surface area contributed by atoms with Gasteiger partial charge in [0.15, 0.2) is 22.5 Å². The van der Waals surface area contributed by atoms with Crippen molar-refractivity contribution in [2.75, 3.05) is 45.3 Å². The van der Waals surface area contributed by atoms with E-state index in [4.69, 9.17) is 14.5 Å². The lowest BCUT2D eigenvalue weighted by molar-refractivity contribution is 0.187. The van der Waals surface area contributed by atoms with Crippen LogP contribution in [0.3, 0.4) is 0 Å². The van der Waals surface area contributed by atoms with Crippen LogP contribution in [0.2, 0.25) is 0 Å². The van der Waals surface area contributed by atoms with Crippen LogP contribution < -0.4 is 14.4 Å². The fourth-order valence-electron chi connectivity index (χ4n) is 4.66. The van der Waals surface area contributed by atoms with Crippen molar-refractivity contribution in [3.63, 3.8) is 0 Å². The van der Waals surface area contributed by atoms with Crippen LogP contribution >= 0.6 is 11.3 Å². The van der Waals surface area contributed by atoms with Gasteiger partial charge < -0.3 is 14.4 Å². The molecule has 4 aromatic rings. The Hall–Kier alpha value is -3.24. The molecule has 2 aromatic heterocycles. The van der Waals surface area contributed by atoms with Gasteiger partial charge in [0, 0.05) is 26.2 Å². The van der Waals surface area contributed by atoms with Gasteiger partial charge in [0.1, 0.15) is 0 Å². The first-order valence-corrected chi connectivity index (χ1v) is 13.1. The lowest BCUT2D eigenvalue weighted by Crippen LogP contribution is -2.48. The molecule has 190 valence electrons. The summed E-state index contributed by atoms with van der Waals surface area (Å²) in [6.07, 6.45) is 0.912. The SMILES string of the molecule is CCC(C)(C)n1nnnc1C(c1ccc(OC)c(OC)c1)N1CCN(c2nc3ccccc3s2)CC1. The van der Waals surface area contributed by atoms with E-state index in [2.05, 4.69) is 70.4 Å². The van der Waals surface area contributed by atoms with Crippen molar-refractivity contribution in [3.05, 3.63) is 53.9 Å². The van der Waals surface area contributed by atoms with Crippen molar-refractivity contribution in [2.24, 2.45) is 0 Å². The number of nitrogens with zero attached hydrogens (tertiary/aromatic N) is 7. The van der Waals surface area contributed by atoms with Gasteiger partial charge in [-0.3, -0.25) is 4.90 Å². The third-order valence-corrected chi connectivity index (χ3v) is 8.23. The van der Waals surface area contributed by atoms with Gasteiger partial charge in [-0.2, -0.15) is 0 Å². The summed E-state index contributed by atoms with van der Waals surface area (Å²) in [5, 5.41) is 14.1. The molecule has 0 radical (unpaired) electrons. The number of rotatable bonds is 8. The predicted molar refractivity (Wildman–Crippen MR) is 142 cm³/mol. The summed E-state index contributed by atoms with van der Waals surface area (Å²) in [5.41, 5.74) is 1.92. The van der Waals surface area contributed by atoms with E-state index < -0.39 is 0 Å². The van der Waals surface area contributed by atoms with Gasteiger partial charge in [-0.25, -0.2) is 9.67 Å². The third kappa shape index (κ3) is 4.51. The Labute approximate surface area is 215 Å². The maximum absolute atomic E-state index is 5.64. The molecule has 0 amide bonds. The first-order chi connectivity index (χ1) is 17.4. The smallest absolute Gasteiger partial charge is 0.186 e. The first kappa shape index (κ1) is 24.5. The molecule has 0 aliphatic carbocycles. The van der Waals surface area contributed by atoms with Crippen LogP contribution in [0, 0.1) is 0 Å². The summed E-state index contributed by atoms with van der Waals surface area (Å²) in [7, 11) is 3.32. The summed E-state index contributed by atoms with van der Waals surface area (Å²) in [4.78, 5) is 9.71. The van der Waals surface area contributed by atoms with Crippen LogP contribution in [0.25, 0.3) is 10.2 Å². The minimum atomic E-state index is -0.212. The Balaban J connectivity index is 1.47. The molecular weight excluding hydrogens is 474 g/mol. The van der Waals surface area contributed by atoms with Crippen molar-refractivity contribution in [1.29, 1.82) is 0 Å². The van der Waals surface area contributed by atoms with Crippen molar-refractivity contribution in [3.8, 4) is 11.5 Å². The second-order valence-corrected chi connectivity index (χ2v) is 10.6. The summed E-state index contributed by atoms with van der Waals surface area (Å²) < 4.78 is 14.3. The fraction of sp³-hybridized carbons (Fsp3) is 0.462. The maximum Gasteiger partial charge on any atom is 0.186 e. The molecule has 1 saturated heterocycles. The number of hydrogen-bond donors (Lipinski definition) is 0. The lowest BCUT2D eigenvalue weighted by atomic mass is 9.98. The van der Waals surface area contributed by atoms with Crippen molar-refractivity contribution < 1.29 is 9.47 Å². The number of piperazine rings is 1. The molecule has 36 heavy (non-hydrogen) atoms. The van der Waals surface area contributed by atoms with Crippen LogP contribution in [0.4, 0.5) is 5.13 Å². The number of methoxy groups -OCH3 is 2. The highest BCUT2D eigenvalue weighted by Gasteiger charge is 2.35. The van der Waals surface area contributed by atoms with Crippen molar-refractivity contribution in [1.82, 2.24) is 30.1 Å². The van der Waals surface area contributed by atoms with E-state index >= 15 is 0 Å². The Morgan fingerprint density at radius 1 is 1.00 bits per heavy atom. The minimum absolute atomic E-state index is 0.122. The largest absolute Gasteiger partial charge is 0.493 e. The number of tetrazole rings is 1. The molecule has 2 aromatic carbocycles. The maximum atomic E-state index is 5.64. The van der Waals surface area contributed by atoms with Crippen LogP contribution in [0.1, 0.15) is 44.6 Å². The molecule has 9 nitrogen and oxygen atoms in total. The van der Waals surface area contributed by atoms with Gasteiger partial charge in [-0.15, -0.1) is 5.10 Å². The van der Waals surface area contributed by atoms with Crippen LogP contribution in [-0.2, 0) is 5.54 Å². The van der Waals surface area contributed by atoms with Gasteiger partial charge in [-0.05, 0) is 60.5 Å². The standard InChI is InChI=1S/C26H33N7O2S/c1-6-26(2,3)33-24(28-29-30-33)23(18-11-12-20(34-4)21(17-18)35-5)31-13-15-32(16-14-31)25-27-19-9-7-8-10-22(19)36-25/h7-12,17,23H,6,13-16H2,1-5H3. The number of ether oxygens (including phenoxy) is 2. The number of thiazole rings is 1. The van der Waals surface area contributed by atoms with Crippen molar-refractivity contribution in [2.45, 2.75) is 38.8 Å². The van der Waals surface area contributed by atoms with E-state index in [0.29, 0.717) is 11.5 Å². The molecular formula is C26H33N7O2S. The van der Waals surface area contributed by atoms with Gasteiger partial charge in [0.25, 0.3) is 0 Å². The molecule has 1 aliphatic heterocycles. The van der Waals surface area contributed by atoms with Crippen molar-refractivity contribution >= 4 is 26.7 Å². The molecule has 0 spiro atoms. The molecule has 0 bridgehead atoms. The Morgan fingerprint density at radius 2 is 1.75 bits per heavy atom. The number of hydrogen-bond acceptors (Lipinski definition) is 9. The summed E-state index contributed by atoms with van der Waals surface area (Å²) in [6.45, 7) is 9.97. The number of aromatic nitrogens is 5. The molecule has 1 unspecified atom stereocenters. The van der Waals surface area contributed by atoms with Gasteiger partial charge in [0.2, 0.25) is 0 Å². The summed E-state index contributed by atoms with van der Waals surface area (Å²) in [5.74, 6) is 2.23. The first-order valence-electron chi connectivity index (χ1n) is 12.3. The van der Waals surface area contributed by atoms with Crippen LogP contribution in [0.5, 0.6) is 11.5 Å². The number of anilines is 1. The topological polar surface area (TPSA) is 81.4 Å². The Bertz CT molecular complexity index is 1290. The van der Waals surface area contributed by atoms with E-state index in [0.717, 1.165) is 54.6 Å². The van der Waals surface area contributed by atoms with E-state index in [1.165, 1.54) is 4.70 Å². The zero-order chi connectivity index (χ0) is 25.3. The second-order valence-electron chi connectivity index (χ2n) is 9.62. The second kappa shape index (κ2) is 10.0. The van der Waals surface area contributed by atoms with Crippen LogP contribution in [-0.4, -0.2) is 70.5 Å². The molecule has 1 atom stereocenters. The Morgan fingerprint density at radius 3 is 2.44 bits per heavy atom. The van der Waals surface area contributed by atoms with E-state index in [1.54, 1.807) is 25.6 Å². The minimum Gasteiger partial charge on any atom is -0.493 e. The molecule has 0 saturated carbocycles. The van der Waals surface area contributed by atoms with Gasteiger partial charge >= 0.3 is 0 Å². The van der Waals surface area contributed by atoms with E-state index in [9.17, 15) is 0 Å². The quantitative estimate of drug-likeness (QED) is 0.348. The summed E-state index contributed by atoms with van der Waals surface area (Å²) >= 11 is 1.75. The fourth-order valence-corrected chi connectivity index (χ4v) is 5.68. The zero-order valence-corrected chi connectivity index (χ0v) is 22.3.